The van der Waals surface area contributed by atoms with Crippen LogP contribution in [0.15, 0.2) is 97.3 Å². The molecule has 0 aliphatic rings. The van der Waals surface area contributed by atoms with Gasteiger partial charge in [0.25, 0.3) is 6.33 Å². The van der Waals surface area contributed by atoms with E-state index in [0.717, 1.165) is 44.7 Å². The normalized spacial score (nSPS) is 12.7. The van der Waals surface area contributed by atoms with Crippen LogP contribution in [-0.4, -0.2) is 14.1 Å². The quantitative estimate of drug-likeness (QED) is 0.127. The minimum atomic E-state index is -0.139. The summed E-state index contributed by atoms with van der Waals surface area (Å²) < 4.78 is 13.0. The number of imidazole rings is 1. The number of para-hydroxylation sites is 1. The molecule has 0 saturated heterocycles. The van der Waals surface area contributed by atoms with Gasteiger partial charge in [0.1, 0.15) is 5.82 Å². The van der Waals surface area contributed by atoms with Gasteiger partial charge in [-0.3, -0.25) is 4.57 Å². The molecule has 0 bridgehead atoms. The zero-order valence-corrected chi connectivity index (χ0v) is 36.0. The second-order valence-electron chi connectivity index (χ2n) is 18.4. The van der Waals surface area contributed by atoms with Crippen LogP contribution >= 0.6 is 0 Å². The SMILES string of the molecule is CC(C)(C)c1cc(-[n+]2[c-]n(-c3[c-]c(Oc4[c-]c5c(cc4)c4ccccc4n5-c4cc(C(C)(C)C)ccn4)ccc3)cc2C(C)(C)C)cc(C(C)(C)C)c1.[Pt]. The van der Waals surface area contributed by atoms with E-state index in [2.05, 4.69) is 178 Å². The molecule has 7 rings (SSSR count). The summed E-state index contributed by atoms with van der Waals surface area (Å²) >= 11 is 0. The molecule has 0 saturated carbocycles. The Morgan fingerprint density at radius 2 is 1.26 bits per heavy atom. The fraction of sp³-hybridized carbons (Fsp3) is 0.333. The maximum absolute atomic E-state index is 6.53. The van der Waals surface area contributed by atoms with Crippen LogP contribution in [0.4, 0.5) is 0 Å². The molecule has 0 aliphatic carbocycles. The summed E-state index contributed by atoms with van der Waals surface area (Å²) in [7, 11) is 0. The molecular weight excluding hydrogens is 844 g/mol. The number of aromatic nitrogens is 4. The second kappa shape index (κ2) is 14.0. The second-order valence-corrected chi connectivity index (χ2v) is 18.4. The van der Waals surface area contributed by atoms with Crippen LogP contribution in [-0.2, 0) is 42.7 Å². The Kier molecular flexibility index (Phi) is 10.2. The zero-order valence-electron chi connectivity index (χ0n) is 33.8. The molecule has 0 N–H and O–H groups in total. The zero-order chi connectivity index (χ0) is 38.1. The molecule has 0 spiro atoms. The van der Waals surface area contributed by atoms with Crippen molar-refractivity contribution in [3.8, 4) is 28.7 Å². The molecule has 3 aromatic heterocycles. The van der Waals surface area contributed by atoms with Gasteiger partial charge in [-0.25, -0.2) is 4.98 Å². The number of ether oxygens (including phenoxy) is 1. The molecule has 282 valence electrons. The van der Waals surface area contributed by atoms with Gasteiger partial charge in [0.05, 0.1) is 11.4 Å². The predicted octanol–water partition coefficient (Wildman–Crippen LogP) is 11.6. The topological polar surface area (TPSA) is 35.9 Å². The fourth-order valence-corrected chi connectivity index (χ4v) is 6.76. The molecule has 54 heavy (non-hydrogen) atoms. The molecule has 0 atom stereocenters. The Hall–Kier alpha value is -4.47. The molecular formula is C48H52N4OPt-2. The number of pyridine rings is 1. The summed E-state index contributed by atoms with van der Waals surface area (Å²) in [6.07, 6.45) is 7.75. The van der Waals surface area contributed by atoms with E-state index in [4.69, 9.17) is 9.72 Å². The Bertz CT molecular complexity index is 2440. The van der Waals surface area contributed by atoms with E-state index in [9.17, 15) is 0 Å². The largest absolute Gasteiger partial charge is 0.510 e. The first kappa shape index (κ1) is 39.2. The molecule has 6 heteroatoms. The van der Waals surface area contributed by atoms with E-state index in [0.29, 0.717) is 11.5 Å². The van der Waals surface area contributed by atoms with Crippen molar-refractivity contribution in [3.05, 3.63) is 138 Å². The summed E-state index contributed by atoms with van der Waals surface area (Å²) in [5.74, 6) is 2.07. The average Bonchev–Trinajstić information content (AvgIpc) is 3.68. The summed E-state index contributed by atoms with van der Waals surface area (Å²) in [5, 5.41) is 2.25. The van der Waals surface area contributed by atoms with Crippen molar-refractivity contribution >= 4 is 21.8 Å². The predicted molar refractivity (Wildman–Crippen MR) is 217 cm³/mol. The van der Waals surface area contributed by atoms with Crippen LogP contribution in [0.25, 0.3) is 39.0 Å². The fourth-order valence-electron chi connectivity index (χ4n) is 6.76. The van der Waals surface area contributed by atoms with Crippen LogP contribution in [0.1, 0.15) is 105 Å². The average molecular weight is 896 g/mol. The van der Waals surface area contributed by atoms with Crippen molar-refractivity contribution in [1.82, 2.24) is 14.1 Å². The number of hydrogen-bond donors (Lipinski definition) is 0. The standard InChI is InChI=1S/C48H52N4O.Pt/c1-45(2,3)32-22-23-49-44(27-32)52-41-19-14-13-18-39(41)40-21-20-38(29-42(40)52)53-37-17-15-16-35(28-37)50-30-43(48(10,11)12)51(31-50)36-25-33(46(4,5)6)24-34(26-36)47(7,8)9;/h13-27,30H,1-12H3;/q-2;. The summed E-state index contributed by atoms with van der Waals surface area (Å²) in [6.45, 7) is 27.1. The third kappa shape index (κ3) is 7.71. The van der Waals surface area contributed by atoms with E-state index >= 15 is 0 Å². The van der Waals surface area contributed by atoms with E-state index < -0.39 is 0 Å². The number of fused-ring (bicyclic) bond motifs is 3. The van der Waals surface area contributed by atoms with Crippen molar-refractivity contribution in [2.45, 2.75) is 105 Å². The van der Waals surface area contributed by atoms with Crippen LogP contribution in [0.2, 0.25) is 0 Å². The van der Waals surface area contributed by atoms with Crippen LogP contribution in [0.5, 0.6) is 11.5 Å². The van der Waals surface area contributed by atoms with E-state index in [1.54, 1.807) is 0 Å². The molecule has 0 amide bonds. The molecule has 5 nitrogen and oxygen atoms in total. The molecule has 3 heterocycles. The van der Waals surface area contributed by atoms with Gasteiger partial charge < -0.3 is 13.9 Å². The molecule has 0 fully saturated rings. The Balaban J connectivity index is 0.00000497. The van der Waals surface area contributed by atoms with Crippen molar-refractivity contribution in [2.24, 2.45) is 0 Å². The summed E-state index contributed by atoms with van der Waals surface area (Å²) in [6, 6.07) is 36.9. The minimum Gasteiger partial charge on any atom is -0.510 e. The van der Waals surface area contributed by atoms with Gasteiger partial charge in [-0.1, -0.05) is 113 Å². The van der Waals surface area contributed by atoms with Gasteiger partial charge in [-0.2, -0.15) is 18.2 Å². The van der Waals surface area contributed by atoms with Gasteiger partial charge in [0.2, 0.25) is 0 Å². The van der Waals surface area contributed by atoms with Crippen molar-refractivity contribution in [2.75, 3.05) is 0 Å². The molecule has 0 radical (unpaired) electrons. The van der Waals surface area contributed by atoms with Crippen molar-refractivity contribution < 1.29 is 30.4 Å². The first-order valence-electron chi connectivity index (χ1n) is 18.6. The molecule has 7 aromatic rings. The van der Waals surface area contributed by atoms with E-state index in [1.165, 1.54) is 16.7 Å². The van der Waals surface area contributed by atoms with Crippen LogP contribution in [0.3, 0.4) is 0 Å². The van der Waals surface area contributed by atoms with Gasteiger partial charge in [-0.15, -0.1) is 29.7 Å². The first-order valence-corrected chi connectivity index (χ1v) is 18.6. The maximum atomic E-state index is 6.53. The van der Waals surface area contributed by atoms with Crippen molar-refractivity contribution in [3.63, 3.8) is 0 Å². The van der Waals surface area contributed by atoms with Crippen LogP contribution in [0, 0.1) is 18.5 Å². The summed E-state index contributed by atoms with van der Waals surface area (Å²) in [5.41, 5.74) is 8.79. The number of rotatable bonds is 5. The van der Waals surface area contributed by atoms with Gasteiger partial charge in [-0.05, 0) is 79.8 Å². The number of nitrogens with zero attached hydrogens (tertiary/aromatic N) is 4. The first-order chi connectivity index (χ1) is 24.8. The third-order valence-corrected chi connectivity index (χ3v) is 10.0. The maximum Gasteiger partial charge on any atom is 0.267 e. The minimum absolute atomic E-state index is 0. The molecule has 0 aliphatic heterocycles. The van der Waals surface area contributed by atoms with Gasteiger partial charge >= 0.3 is 0 Å². The third-order valence-electron chi connectivity index (χ3n) is 10.0. The number of benzene rings is 4. The molecule has 0 unspecified atom stereocenters. The molecule has 4 aromatic carbocycles. The van der Waals surface area contributed by atoms with Gasteiger partial charge in [0, 0.05) is 50.5 Å². The number of hydrogen-bond acceptors (Lipinski definition) is 2. The Labute approximate surface area is 336 Å². The summed E-state index contributed by atoms with van der Waals surface area (Å²) in [4.78, 5) is 4.82. The Morgan fingerprint density at radius 3 is 1.91 bits per heavy atom. The smallest absolute Gasteiger partial charge is 0.267 e. The monoisotopic (exact) mass is 895 g/mol. The van der Waals surface area contributed by atoms with Gasteiger partial charge in [0.15, 0.2) is 0 Å². The Morgan fingerprint density at radius 1 is 0.611 bits per heavy atom. The van der Waals surface area contributed by atoms with E-state index in [1.807, 2.05) is 35.0 Å². The van der Waals surface area contributed by atoms with Crippen LogP contribution < -0.4 is 9.30 Å². The van der Waals surface area contributed by atoms with E-state index in [-0.39, 0.29) is 42.7 Å². The van der Waals surface area contributed by atoms with Crippen molar-refractivity contribution in [1.29, 1.82) is 0 Å².